The van der Waals surface area contributed by atoms with E-state index in [-0.39, 0.29) is 23.8 Å². The van der Waals surface area contributed by atoms with E-state index in [0.717, 1.165) is 19.4 Å². The van der Waals surface area contributed by atoms with E-state index < -0.39 is 4.33 Å². The Morgan fingerprint density at radius 1 is 1.41 bits per heavy atom. The third kappa shape index (κ3) is 3.05. The third-order valence-corrected chi connectivity index (χ3v) is 4.10. The number of alkyl halides is 2. The van der Waals surface area contributed by atoms with Crippen LogP contribution >= 0.6 is 23.2 Å². The minimum atomic E-state index is -0.863. The molecule has 6 heteroatoms. The van der Waals surface area contributed by atoms with E-state index in [1.54, 1.807) is 4.90 Å². The Hall–Kier alpha value is -0.480. The van der Waals surface area contributed by atoms with Crippen LogP contribution in [0.5, 0.6) is 0 Å². The summed E-state index contributed by atoms with van der Waals surface area (Å²) in [6.07, 6.45) is 2.36. The number of carbonyl (C=O) groups excluding carboxylic acids is 2. The van der Waals surface area contributed by atoms with E-state index in [1.807, 2.05) is 0 Å². The molecule has 1 N–H and O–H groups in total. The van der Waals surface area contributed by atoms with Crippen molar-refractivity contribution in [3.8, 4) is 0 Å². The van der Waals surface area contributed by atoms with Gasteiger partial charge in [0.15, 0.2) is 0 Å². The predicted octanol–water partition coefficient (Wildman–Crippen LogP) is 1.31. The second kappa shape index (κ2) is 4.65. The normalized spacial score (nSPS) is 30.9. The monoisotopic (exact) mass is 278 g/mol. The third-order valence-electron chi connectivity index (χ3n) is 3.26. The van der Waals surface area contributed by atoms with Crippen LogP contribution in [0.25, 0.3) is 0 Å². The predicted molar refractivity (Wildman–Crippen MR) is 66.0 cm³/mol. The molecule has 1 saturated heterocycles. The zero-order valence-electron chi connectivity index (χ0n) is 9.71. The van der Waals surface area contributed by atoms with E-state index in [2.05, 4.69) is 5.32 Å². The Labute approximate surface area is 111 Å². The zero-order valence-corrected chi connectivity index (χ0v) is 11.2. The van der Waals surface area contributed by atoms with Crippen molar-refractivity contribution in [2.45, 2.75) is 36.6 Å². The lowest BCUT2D eigenvalue weighted by molar-refractivity contribution is -0.134. The Bertz CT molecular complexity index is 346. The molecule has 2 aliphatic rings. The largest absolute Gasteiger partial charge is 0.352 e. The highest BCUT2D eigenvalue weighted by atomic mass is 35.5. The van der Waals surface area contributed by atoms with Gasteiger partial charge in [-0.2, -0.15) is 0 Å². The van der Waals surface area contributed by atoms with Gasteiger partial charge in [-0.25, -0.2) is 0 Å². The maximum atomic E-state index is 12.1. The zero-order chi connectivity index (χ0) is 12.6. The molecule has 1 aliphatic heterocycles. The summed E-state index contributed by atoms with van der Waals surface area (Å²) in [5, 5.41) is 2.85. The SMILES string of the molecule is CC(=O)NC1CCCN(C(=O)C2CC2(Cl)Cl)C1. The first kappa shape index (κ1) is 13.0. The number of rotatable bonds is 2. The first-order valence-electron chi connectivity index (χ1n) is 5.84. The summed E-state index contributed by atoms with van der Waals surface area (Å²) < 4.78 is -0.863. The lowest BCUT2D eigenvalue weighted by Gasteiger charge is -2.33. The number of nitrogens with zero attached hydrogens (tertiary/aromatic N) is 1. The molecule has 2 amide bonds. The van der Waals surface area contributed by atoms with Gasteiger partial charge in [-0.15, -0.1) is 23.2 Å². The number of nitrogens with one attached hydrogen (secondary N) is 1. The number of halogens is 2. The Kier molecular flexibility index (Phi) is 3.55. The van der Waals surface area contributed by atoms with Crippen molar-refractivity contribution in [2.75, 3.05) is 13.1 Å². The van der Waals surface area contributed by atoms with E-state index in [9.17, 15) is 9.59 Å². The van der Waals surface area contributed by atoms with Crippen LogP contribution in [0.4, 0.5) is 0 Å². The second-order valence-electron chi connectivity index (χ2n) is 4.84. The van der Waals surface area contributed by atoms with E-state index in [1.165, 1.54) is 6.92 Å². The molecule has 17 heavy (non-hydrogen) atoms. The fourth-order valence-corrected chi connectivity index (χ4v) is 2.78. The number of likely N-dealkylation sites (tertiary alicyclic amines) is 1. The molecule has 4 nitrogen and oxygen atoms in total. The smallest absolute Gasteiger partial charge is 0.228 e. The number of hydrogen-bond donors (Lipinski definition) is 1. The molecule has 0 bridgehead atoms. The molecular formula is C11H16Cl2N2O2. The topological polar surface area (TPSA) is 49.4 Å². The van der Waals surface area contributed by atoms with Crippen molar-refractivity contribution in [3.05, 3.63) is 0 Å². The van der Waals surface area contributed by atoms with Crippen LogP contribution < -0.4 is 5.32 Å². The molecule has 0 spiro atoms. The van der Waals surface area contributed by atoms with Crippen molar-refractivity contribution in [3.63, 3.8) is 0 Å². The number of piperidine rings is 1. The number of hydrogen-bond acceptors (Lipinski definition) is 2. The van der Waals surface area contributed by atoms with Gasteiger partial charge >= 0.3 is 0 Å². The molecule has 2 atom stereocenters. The Morgan fingerprint density at radius 3 is 2.59 bits per heavy atom. The number of carbonyl (C=O) groups is 2. The summed E-state index contributed by atoms with van der Waals surface area (Å²) in [5.41, 5.74) is 0. The summed E-state index contributed by atoms with van der Waals surface area (Å²) in [4.78, 5) is 24.8. The summed E-state index contributed by atoms with van der Waals surface area (Å²) >= 11 is 11.8. The molecule has 96 valence electrons. The molecule has 1 heterocycles. The maximum absolute atomic E-state index is 12.1. The van der Waals surface area contributed by atoms with Gasteiger partial charge in [-0.1, -0.05) is 0 Å². The standard InChI is InChI=1S/C11H16Cl2N2O2/c1-7(16)14-8-3-2-4-15(6-8)10(17)9-5-11(9,12)13/h8-9H,2-6H2,1H3,(H,14,16). The fourth-order valence-electron chi connectivity index (χ4n) is 2.28. The minimum Gasteiger partial charge on any atom is -0.352 e. The lowest BCUT2D eigenvalue weighted by Crippen LogP contribution is -2.49. The molecule has 0 aromatic heterocycles. The van der Waals surface area contributed by atoms with Crippen LogP contribution in [0, 0.1) is 5.92 Å². The summed E-state index contributed by atoms with van der Waals surface area (Å²) in [6, 6.07) is 0.0593. The van der Waals surface area contributed by atoms with Gasteiger partial charge in [0.05, 0.1) is 5.92 Å². The average Bonchev–Trinajstić information content (AvgIpc) is 2.86. The van der Waals surface area contributed by atoms with Gasteiger partial charge in [-0.3, -0.25) is 9.59 Å². The van der Waals surface area contributed by atoms with Crippen LogP contribution in [-0.2, 0) is 9.59 Å². The molecule has 0 radical (unpaired) electrons. The summed E-state index contributed by atoms with van der Waals surface area (Å²) in [5.74, 6) is -0.299. The average molecular weight is 279 g/mol. The van der Waals surface area contributed by atoms with Gasteiger partial charge in [-0.05, 0) is 19.3 Å². The maximum Gasteiger partial charge on any atom is 0.228 e. The molecule has 0 aromatic carbocycles. The van der Waals surface area contributed by atoms with E-state index in [0.29, 0.717) is 13.0 Å². The molecule has 2 rings (SSSR count). The summed E-state index contributed by atoms with van der Waals surface area (Å²) in [7, 11) is 0. The molecule has 2 fully saturated rings. The van der Waals surface area contributed by atoms with Gasteiger partial charge in [0.1, 0.15) is 4.33 Å². The quantitative estimate of drug-likeness (QED) is 0.775. The molecule has 0 aromatic rings. The first-order valence-corrected chi connectivity index (χ1v) is 6.59. The van der Waals surface area contributed by atoms with Crippen LogP contribution in [-0.4, -0.2) is 40.2 Å². The van der Waals surface area contributed by atoms with E-state index >= 15 is 0 Å². The van der Waals surface area contributed by atoms with Crippen LogP contribution in [0.1, 0.15) is 26.2 Å². The van der Waals surface area contributed by atoms with Gasteiger partial charge in [0.25, 0.3) is 0 Å². The molecule has 1 saturated carbocycles. The second-order valence-corrected chi connectivity index (χ2v) is 6.38. The van der Waals surface area contributed by atoms with Crippen LogP contribution in [0.2, 0.25) is 0 Å². The molecule has 1 aliphatic carbocycles. The van der Waals surface area contributed by atoms with Crippen molar-refractivity contribution in [1.29, 1.82) is 0 Å². The molecule has 2 unspecified atom stereocenters. The van der Waals surface area contributed by atoms with Crippen molar-refractivity contribution < 1.29 is 9.59 Å². The lowest BCUT2D eigenvalue weighted by atomic mass is 10.1. The first-order chi connectivity index (χ1) is 7.90. The van der Waals surface area contributed by atoms with E-state index in [4.69, 9.17) is 23.2 Å². The van der Waals surface area contributed by atoms with Crippen LogP contribution in [0.15, 0.2) is 0 Å². The van der Waals surface area contributed by atoms with Crippen molar-refractivity contribution in [2.24, 2.45) is 5.92 Å². The van der Waals surface area contributed by atoms with Gasteiger partial charge in [0, 0.05) is 26.1 Å². The van der Waals surface area contributed by atoms with Crippen molar-refractivity contribution in [1.82, 2.24) is 10.2 Å². The highest BCUT2D eigenvalue weighted by molar-refractivity contribution is 6.52. The highest BCUT2D eigenvalue weighted by Crippen LogP contribution is 2.54. The highest BCUT2D eigenvalue weighted by Gasteiger charge is 2.57. The minimum absolute atomic E-state index is 0.0186. The van der Waals surface area contributed by atoms with Gasteiger partial charge < -0.3 is 10.2 Å². The fraction of sp³-hybridized carbons (Fsp3) is 0.818. The Balaban J connectivity index is 1.89. The van der Waals surface area contributed by atoms with Crippen LogP contribution in [0.3, 0.4) is 0 Å². The molecular weight excluding hydrogens is 263 g/mol. The van der Waals surface area contributed by atoms with Gasteiger partial charge in [0.2, 0.25) is 11.8 Å². The summed E-state index contributed by atoms with van der Waals surface area (Å²) in [6.45, 7) is 2.79. The number of amides is 2. The Morgan fingerprint density at radius 2 is 2.06 bits per heavy atom. The van der Waals surface area contributed by atoms with Crippen molar-refractivity contribution >= 4 is 35.0 Å².